The molecule has 2 aliphatic heterocycles. The van der Waals surface area contributed by atoms with Gasteiger partial charge in [-0.2, -0.15) is 23.0 Å². The second kappa shape index (κ2) is 9.05. The van der Waals surface area contributed by atoms with Gasteiger partial charge in [0, 0.05) is 55.0 Å². The standard InChI is InChI=1S/C25H25F3N4O4/c1-35-17-7-15(8-18(10-17)36-2)22-19-5-6-29-23(19)24(34)32(30-22)21-9-16(31-11-14(12-31)13-33)3-4-20(21)25(26,27)28/h3-4,7-10,14,29,33H,5-6,11-13H2,1-2H3. The zero-order valence-electron chi connectivity index (χ0n) is 19.7. The van der Waals surface area contributed by atoms with Crippen molar-refractivity contribution in [3.05, 3.63) is 57.9 Å². The molecule has 3 aromatic rings. The van der Waals surface area contributed by atoms with Gasteiger partial charge in [0.2, 0.25) is 0 Å². The number of anilines is 2. The number of aliphatic hydroxyl groups is 1. The van der Waals surface area contributed by atoms with Gasteiger partial charge >= 0.3 is 6.18 Å². The van der Waals surface area contributed by atoms with Crippen LogP contribution in [-0.2, 0) is 12.6 Å². The Morgan fingerprint density at radius 3 is 2.42 bits per heavy atom. The van der Waals surface area contributed by atoms with Crippen molar-refractivity contribution in [2.75, 3.05) is 50.7 Å². The molecule has 5 rings (SSSR count). The quantitative estimate of drug-likeness (QED) is 0.535. The van der Waals surface area contributed by atoms with E-state index in [0.717, 1.165) is 10.7 Å². The van der Waals surface area contributed by atoms with E-state index in [1.54, 1.807) is 18.2 Å². The first-order valence-corrected chi connectivity index (χ1v) is 11.4. The monoisotopic (exact) mass is 502 g/mol. The number of methoxy groups -OCH3 is 2. The van der Waals surface area contributed by atoms with Crippen LogP contribution in [0.1, 0.15) is 11.1 Å². The molecule has 2 N–H and O–H groups in total. The van der Waals surface area contributed by atoms with Crippen molar-refractivity contribution >= 4 is 11.4 Å². The SMILES string of the molecule is COc1cc(OC)cc(-c2nn(-c3cc(N4CC(CO)C4)ccc3C(F)(F)F)c(=O)c3c2CCN3)c1. The summed E-state index contributed by atoms with van der Waals surface area (Å²) in [6.45, 7) is 1.51. The van der Waals surface area contributed by atoms with Crippen LogP contribution in [0.5, 0.6) is 11.5 Å². The Balaban J connectivity index is 1.72. The van der Waals surface area contributed by atoms with Crippen LogP contribution in [0, 0.1) is 5.92 Å². The molecule has 1 aromatic heterocycles. The summed E-state index contributed by atoms with van der Waals surface area (Å²) in [5, 5.41) is 16.8. The molecule has 8 nitrogen and oxygen atoms in total. The number of nitrogens with zero attached hydrogens (tertiary/aromatic N) is 3. The fraction of sp³-hybridized carbons (Fsp3) is 0.360. The van der Waals surface area contributed by atoms with E-state index in [4.69, 9.17) is 9.47 Å². The van der Waals surface area contributed by atoms with Gasteiger partial charge < -0.3 is 24.8 Å². The van der Waals surface area contributed by atoms with Crippen molar-refractivity contribution in [1.82, 2.24) is 9.78 Å². The zero-order chi connectivity index (χ0) is 25.6. The molecule has 3 heterocycles. The van der Waals surface area contributed by atoms with Crippen LogP contribution < -0.4 is 25.2 Å². The highest BCUT2D eigenvalue weighted by molar-refractivity contribution is 5.74. The van der Waals surface area contributed by atoms with E-state index < -0.39 is 17.3 Å². The molecule has 0 amide bonds. The summed E-state index contributed by atoms with van der Waals surface area (Å²) in [6, 6.07) is 8.77. The minimum atomic E-state index is -4.71. The van der Waals surface area contributed by atoms with Crippen molar-refractivity contribution in [3.63, 3.8) is 0 Å². The van der Waals surface area contributed by atoms with Gasteiger partial charge in [-0.25, -0.2) is 0 Å². The number of rotatable bonds is 6. The topological polar surface area (TPSA) is 88.8 Å². The third-order valence-electron chi connectivity index (χ3n) is 6.59. The Morgan fingerprint density at radius 2 is 1.81 bits per heavy atom. The van der Waals surface area contributed by atoms with Crippen molar-refractivity contribution in [2.24, 2.45) is 5.92 Å². The molecule has 0 bridgehead atoms. The maximum atomic E-state index is 14.1. The molecule has 11 heteroatoms. The molecule has 0 aliphatic carbocycles. The molecule has 0 spiro atoms. The predicted molar refractivity (Wildman–Crippen MR) is 128 cm³/mol. The summed E-state index contributed by atoms with van der Waals surface area (Å²) < 4.78 is 53.7. The summed E-state index contributed by atoms with van der Waals surface area (Å²) in [6.07, 6.45) is -4.21. The number of aromatic nitrogens is 2. The second-order valence-electron chi connectivity index (χ2n) is 8.85. The lowest BCUT2D eigenvalue weighted by atomic mass is 9.99. The number of ether oxygens (including phenoxy) is 2. The highest BCUT2D eigenvalue weighted by atomic mass is 19.4. The number of hydrogen-bond donors (Lipinski definition) is 2. The summed E-state index contributed by atoms with van der Waals surface area (Å²) in [7, 11) is 2.99. The Morgan fingerprint density at radius 1 is 1.11 bits per heavy atom. The average molecular weight is 502 g/mol. The number of aliphatic hydroxyl groups excluding tert-OH is 1. The highest BCUT2D eigenvalue weighted by Gasteiger charge is 2.37. The van der Waals surface area contributed by atoms with Gasteiger partial charge in [0.25, 0.3) is 5.56 Å². The smallest absolute Gasteiger partial charge is 0.418 e. The van der Waals surface area contributed by atoms with Crippen molar-refractivity contribution in [3.8, 4) is 28.4 Å². The number of nitrogens with one attached hydrogen (secondary N) is 1. The molecule has 1 fully saturated rings. The third-order valence-corrected chi connectivity index (χ3v) is 6.59. The average Bonchev–Trinajstić information content (AvgIpc) is 3.33. The van der Waals surface area contributed by atoms with Gasteiger partial charge in [-0.1, -0.05) is 0 Å². The van der Waals surface area contributed by atoms with Crippen LogP contribution in [-0.4, -0.2) is 55.3 Å². The summed E-state index contributed by atoms with van der Waals surface area (Å²) >= 11 is 0. The van der Waals surface area contributed by atoms with E-state index in [1.165, 1.54) is 26.4 Å². The first kappa shape index (κ1) is 24.0. The molecule has 36 heavy (non-hydrogen) atoms. The van der Waals surface area contributed by atoms with Gasteiger partial charge in [-0.15, -0.1) is 0 Å². The van der Waals surface area contributed by atoms with Crippen LogP contribution in [0.15, 0.2) is 41.2 Å². The minimum absolute atomic E-state index is 0.00879. The minimum Gasteiger partial charge on any atom is -0.497 e. The normalized spacial score (nSPS) is 15.3. The number of hydrogen-bond acceptors (Lipinski definition) is 7. The number of halogens is 3. The molecule has 0 atom stereocenters. The number of alkyl halides is 3. The van der Waals surface area contributed by atoms with E-state index in [2.05, 4.69) is 10.4 Å². The van der Waals surface area contributed by atoms with Crippen molar-refractivity contribution < 1.29 is 27.8 Å². The van der Waals surface area contributed by atoms with Crippen molar-refractivity contribution in [1.29, 1.82) is 0 Å². The number of fused-ring (bicyclic) bond motifs is 1. The van der Waals surface area contributed by atoms with Gasteiger partial charge in [0.05, 0.1) is 31.2 Å². The first-order valence-electron chi connectivity index (χ1n) is 11.4. The van der Waals surface area contributed by atoms with Crippen LogP contribution in [0.2, 0.25) is 0 Å². The first-order chi connectivity index (χ1) is 17.2. The lowest BCUT2D eigenvalue weighted by Crippen LogP contribution is -2.48. The fourth-order valence-electron chi connectivity index (χ4n) is 4.66. The van der Waals surface area contributed by atoms with E-state index in [9.17, 15) is 23.1 Å². The number of benzene rings is 2. The molecule has 1 saturated heterocycles. The van der Waals surface area contributed by atoms with Gasteiger partial charge in [0.15, 0.2) is 0 Å². The molecule has 2 aliphatic rings. The maximum absolute atomic E-state index is 14.1. The maximum Gasteiger partial charge on any atom is 0.418 e. The van der Waals surface area contributed by atoms with E-state index >= 15 is 0 Å². The molecular formula is C25H25F3N4O4. The molecule has 0 saturated carbocycles. The third kappa shape index (κ3) is 4.13. The highest BCUT2D eigenvalue weighted by Crippen LogP contribution is 2.38. The molecule has 2 aromatic carbocycles. The molecule has 190 valence electrons. The second-order valence-corrected chi connectivity index (χ2v) is 8.85. The van der Waals surface area contributed by atoms with Gasteiger partial charge in [-0.3, -0.25) is 4.79 Å². The largest absolute Gasteiger partial charge is 0.497 e. The fourth-order valence-corrected chi connectivity index (χ4v) is 4.66. The molecular weight excluding hydrogens is 477 g/mol. The van der Waals surface area contributed by atoms with Gasteiger partial charge in [-0.05, 0) is 36.8 Å². The van der Waals surface area contributed by atoms with Crippen LogP contribution in [0.25, 0.3) is 16.9 Å². The van der Waals surface area contributed by atoms with E-state index in [-0.39, 0.29) is 23.9 Å². The summed E-state index contributed by atoms with van der Waals surface area (Å²) in [4.78, 5) is 15.3. The summed E-state index contributed by atoms with van der Waals surface area (Å²) in [5.41, 5.74) is 0.328. The van der Waals surface area contributed by atoms with Crippen molar-refractivity contribution in [2.45, 2.75) is 12.6 Å². The van der Waals surface area contributed by atoms with Crippen LogP contribution >= 0.6 is 0 Å². The predicted octanol–water partition coefficient (Wildman–Crippen LogP) is 3.33. The van der Waals surface area contributed by atoms with E-state index in [1.807, 2.05) is 4.90 Å². The Labute approximate surface area is 204 Å². The van der Waals surface area contributed by atoms with Gasteiger partial charge in [0.1, 0.15) is 17.2 Å². The molecule has 0 unspecified atom stereocenters. The van der Waals surface area contributed by atoms with Crippen LogP contribution in [0.3, 0.4) is 0 Å². The summed E-state index contributed by atoms with van der Waals surface area (Å²) in [5.74, 6) is 1.03. The Kier molecular flexibility index (Phi) is 6.03. The lowest BCUT2D eigenvalue weighted by Gasteiger charge is -2.40. The van der Waals surface area contributed by atoms with Crippen LogP contribution in [0.4, 0.5) is 24.5 Å². The van der Waals surface area contributed by atoms with E-state index in [0.29, 0.717) is 60.1 Å². The lowest BCUT2D eigenvalue weighted by molar-refractivity contribution is -0.137. The molecule has 0 radical (unpaired) electrons. The Hall–Kier alpha value is -3.73. The Bertz CT molecular complexity index is 1340. The zero-order valence-corrected chi connectivity index (χ0v) is 19.7.